The Balaban J connectivity index is 1.87. The summed E-state index contributed by atoms with van der Waals surface area (Å²) >= 11 is 0. The Labute approximate surface area is 227 Å². The topological polar surface area (TPSA) is 131 Å². The number of benzene rings is 3. The van der Waals surface area contributed by atoms with Gasteiger partial charge >= 0.3 is 0 Å². The molecule has 0 aliphatic rings. The van der Waals surface area contributed by atoms with Crippen LogP contribution in [0.3, 0.4) is 0 Å². The average Bonchev–Trinajstić information content (AvgIpc) is 2.95. The van der Waals surface area contributed by atoms with Crippen LogP contribution < -0.4 is 39.5 Å². The fraction of sp³-hybridized carbons (Fsp3) is 0.207. The number of anilines is 2. The second-order valence-corrected chi connectivity index (χ2v) is 8.08. The van der Waals surface area contributed by atoms with Crippen LogP contribution in [0.15, 0.2) is 42.5 Å². The van der Waals surface area contributed by atoms with E-state index in [1.54, 1.807) is 62.8 Å². The van der Waals surface area contributed by atoms with E-state index in [4.69, 9.17) is 34.2 Å². The van der Waals surface area contributed by atoms with Gasteiger partial charge in [0.25, 0.3) is 0 Å². The molecule has 0 aromatic heterocycles. The number of methoxy groups -OCH3 is 6. The highest BCUT2D eigenvalue weighted by molar-refractivity contribution is 6.03. The molecule has 0 aliphatic carbocycles. The zero-order chi connectivity index (χ0) is 28.5. The number of amides is 1. The molecule has 0 atom stereocenters. The van der Waals surface area contributed by atoms with Crippen LogP contribution in [0.4, 0.5) is 11.4 Å². The fourth-order valence-electron chi connectivity index (χ4n) is 3.82. The Kier molecular flexibility index (Phi) is 9.53. The van der Waals surface area contributed by atoms with E-state index < -0.39 is 5.91 Å². The summed E-state index contributed by atoms with van der Waals surface area (Å²) in [6, 6.07) is 10.2. The van der Waals surface area contributed by atoms with E-state index in [9.17, 15) is 9.90 Å². The zero-order valence-corrected chi connectivity index (χ0v) is 22.7. The minimum atomic E-state index is -0.480. The number of phenolic OH excluding ortho intramolecular Hbond substituents is 1. The van der Waals surface area contributed by atoms with Crippen LogP contribution in [0.5, 0.6) is 40.2 Å². The third-order valence-electron chi connectivity index (χ3n) is 5.69. The molecule has 0 radical (unpaired) electrons. The normalized spacial score (nSPS) is 10.9. The molecule has 0 unspecified atom stereocenters. The summed E-state index contributed by atoms with van der Waals surface area (Å²) in [5, 5.41) is 13.3. The summed E-state index contributed by atoms with van der Waals surface area (Å²) in [6.07, 6.45) is 6.49. The van der Waals surface area contributed by atoms with Gasteiger partial charge in [-0.05, 0) is 59.2 Å². The van der Waals surface area contributed by atoms with Crippen LogP contribution in [0.2, 0.25) is 0 Å². The first-order chi connectivity index (χ1) is 18.8. The molecule has 0 fully saturated rings. The predicted molar refractivity (Wildman–Crippen MR) is 151 cm³/mol. The number of nitrogens with one attached hydrogen (secondary N) is 1. The number of hydrogen-bond donors (Lipinski definition) is 3. The molecule has 0 bridgehead atoms. The van der Waals surface area contributed by atoms with Crippen LogP contribution in [0, 0.1) is 0 Å². The Morgan fingerprint density at radius 2 is 1.13 bits per heavy atom. The van der Waals surface area contributed by atoms with Gasteiger partial charge in [-0.25, -0.2) is 0 Å². The number of rotatable bonds is 11. The predicted octanol–water partition coefficient (Wildman–Crippen LogP) is 4.85. The lowest BCUT2D eigenvalue weighted by molar-refractivity contribution is -0.111. The molecular weight excluding hydrogens is 504 g/mol. The van der Waals surface area contributed by atoms with Gasteiger partial charge in [-0.2, -0.15) is 0 Å². The lowest BCUT2D eigenvalue weighted by atomic mass is 10.1. The van der Waals surface area contributed by atoms with Gasteiger partial charge in [0.1, 0.15) is 0 Å². The zero-order valence-electron chi connectivity index (χ0n) is 22.7. The van der Waals surface area contributed by atoms with E-state index in [0.29, 0.717) is 45.6 Å². The van der Waals surface area contributed by atoms with Gasteiger partial charge in [0.05, 0.1) is 54.0 Å². The lowest BCUT2D eigenvalue weighted by Crippen LogP contribution is -2.08. The summed E-state index contributed by atoms with van der Waals surface area (Å²) in [7, 11) is 9.03. The Morgan fingerprint density at radius 1 is 0.667 bits per heavy atom. The van der Waals surface area contributed by atoms with Crippen molar-refractivity contribution in [2.75, 3.05) is 53.7 Å². The van der Waals surface area contributed by atoms with E-state index in [2.05, 4.69) is 5.32 Å². The number of carbonyl (C=O) groups is 1. The molecule has 10 nitrogen and oxygen atoms in total. The van der Waals surface area contributed by atoms with Crippen molar-refractivity contribution in [3.8, 4) is 40.2 Å². The van der Waals surface area contributed by atoms with Crippen LogP contribution in [0.1, 0.15) is 16.7 Å². The third kappa shape index (κ3) is 6.67. The molecule has 3 aromatic carbocycles. The minimum Gasteiger partial charge on any atom is -0.503 e. The number of ether oxygens (including phenoxy) is 6. The smallest absolute Gasteiger partial charge is 0.248 e. The highest BCUT2D eigenvalue weighted by Crippen LogP contribution is 2.40. The van der Waals surface area contributed by atoms with Crippen molar-refractivity contribution >= 4 is 35.5 Å². The van der Waals surface area contributed by atoms with Crippen molar-refractivity contribution in [3.63, 3.8) is 0 Å². The number of aromatic hydroxyl groups is 1. The monoisotopic (exact) mass is 536 g/mol. The van der Waals surface area contributed by atoms with Gasteiger partial charge in [0.15, 0.2) is 34.5 Å². The maximum absolute atomic E-state index is 12.7. The largest absolute Gasteiger partial charge is 0.503 e. The number of hydrogen-bond acceptors (Lipinski definition) is 9. The molecule has 206 valence electrons. The first-order valence-electron chi connectivity index (χ1n) is 11.7. The van der Waals surface area contributed by atoms with Gasteiger partial charge in [-0.15, -0.1) is 0 Å². The Bertz CT molecular complexity index is 1370. The first-order valence-corrected chi connectivity index (χ1v) is 11.7. The summed E-state index contributed by atoms with van der Waals surface area (Å²) in [5.74, 6) is 1.85. The summed E-state index contributed by atoms with van der Waals surface area (Å²) in [6.45, 7) is 0. The summed E-state index contributed by atoms with van der Waals surface area (Å²) < 4.78 is 32.0. The van der Waals surface area contributed by atoms with E-state index in [-0.39, 0.29) is 17.2 Å². The average molecular weight is 537 g/mol. The van der Waals surface area contributed by atoms with Crippen molar-refractivity contribution < 1.29 is 38.3 Å². The molecule has 0 heterocycles. The van der Waals surface area contributed by atoms with Gasteiger partial charge in [-0.1, -0.05) is 12.2 Å². The van der Waals surface area contributed by atoms with Crippen molar-refractivity contribution in [2.45, 2.75) is 0 Å². The van der Waals surface area contributed by atoms with E-state index >= 15 is 0 Å². The molecule has 10 heteroatoms. The molecule has 1 amide bonds. The van der Waals surface area contributed by atoms with E-state index in [0.717, 1.165) is 5.56 Å². The SMILES string of the molecule is COc1cc(/C=C/c2cc(OC)c(OC)c(OC)c2)cc(NC(=O)/C=C/c2cc(N)c(OC)c(OC)c2)c1O. The minimum absolute atomic E-state index is 0.167. The molecule has 0 saturated heterocycles. The van der Waals surface area contributed by atoms with Crippen molar-refractivity contribution in [3.05, 3.63) is 59.2 Å². The highest BCUT2D eigenvalue weighted by atomic mass is 16.5. The second kappa shape index (κ2) is 13.0. The maximum Gasteiger partial charge on any atom is 0.248 e. The molecule has 39 heavy (non-hydrogen) atoms. The van der Waals surface area contributed by atoms with Crippen LogP contribution >= 0.6 is 0 Å². The first kappa shape index (κ1) is 28.6. The summed E-state index contributed by atoms with van der Waals surface area (Å²) in [5.41, 5.74) is 8.61. The van der Waals surface area contributed by atoms with Crippen molar-refractivity contribution in [1.82, 2.24) is 0 Å². The quantitative estimate of drug-likeness (QED) is 0.136. The molecule has 0 aliphatic heterocycles. The van der Waals surface area contributed by atoms with Crippen molar-refractivity contribution in [2.24, 2.45) is 0 Å². The van der Waals surface area contributed by atoms with Crippen LogP contribution in [-0.2, 0) is 4.79 Å². The molecule has 3 aromatic rings. The van der Waals surface area contributed by atoms with Gasteiger partial charge in [0, 0.05) is 6.08 Å². The maximum atomic E-state index is 12.7. The van der Waals surface area contributed by atoms with Gasteiger partial charge in [-0.3, -0.25) is 4.79 Å². The van der Waals surface area contributed by atoms with E-state index in [1.165, 1.54) is 34.5 Å². The Hall–Kier alpha value is -4.99. The molecular formula is C29H32N2O8. The molecule has 0 saturated carbocycles. The van der Waals surface area contributed by atoms with Gasteiger partial charge < -0.3 is 44.6 Å². The Morgan fingerprint density at radius 3 is 1.64 bits per heavy atom. The number of nitrogen functional groups attached to an aromatic ring is 1. The standard InChI is InChI=1S/C29H32N2O8/c1-34-22-13-18(7-8-19-15-24(36-3)29(39-6)25(16-19)37-4)12-21(27(22)33)31-26(32)10-9-17-11-20(30)28(38-5)23(14-17)35-2/h7-16,33H,30H2,1-6H3,(H,31,32)/b8-7+,10-9+. The molecule has 0 spiro atoms. The van der Waals surface area contributed by atoms with Crippen LogP contribution in [0.25, 0.3) is 18.2 Å². The molecule has 4 N–H and O–H groups in total. The van der Waals surface area contributed by atoms with Crippen LogP contribution in [-0.4, -0.2) is 53.7 Å². The highest BCUT2D eigenvalue weighted by Gasteiger charge is 2.14. The number of phenols is 1. The summed E-state index contributed by atoms with van der Waals surface area (Å²) in [4.78, 5) is 12.7. The molecule has 3 rings (SSSR count). The number of carbonyl (C=O) groups excluding carboxylic acids is 1. The number of nitrogens with two attached hydrogens (primary N) is 1. The lowest BCUT2D eigenvalue weighted by Gasteiger charge is -2.13. The van der Waals surface area contributed by atoms with E-state index in [1.807, 2.05) is 6.08 Å². The van der Waals surface area contributed by atoms with Crippen molar-refractivity contribution in [1.29, 1.82) is 0 Å². The second-order valence-electron chi connectivity index (χ2n) is 8.08. The fourth-order valence-corrected chi connectivity index (χ4v) is 3.82. The van der Waals surface area contributed by atoms with Gasteiger partial charge in [0.2, 0.25) is 11.7 Å². The third-order valence-corrected chi connectivity index (χ3v) is 5.69.